The van der Waals surface area contributed by atoms with Gasteiger partial charge in [-0.15, -0.1) is 0 Å². The van der Waals surface area contributed by atoms with Crippen molar-refractivity contribution in [2.75, 3.05) is 11.4 Å². The SMILES string of the molecule is CC(=O)N1CCc2cc(-c3cn4ccc(C(=O)O)cc4n3)ccc21. The molecule has 3 aromatic rings. The monoisotopic (exact) mass is 321 g/mol. The van der Waals surface area contributed by atoms with Gasteiger partial charge in [0.15, 0.2) is 0 Å². The van der Waals surface area contributed by atoms with E-state index >= 15 is 0 Å². The molecule has 1 aliphatic rings. The predicted octanol–water partition coefficient (Wildman–Crippen LogP) is 2.61. The summed E-state index contributed by atoms with van der Waals surface area (Å²) in [5, 5.41) is 9.07. The smallest absolute Gasteiger partial charge is 0.335 e. The lowest BCUT2D eigenvalue weighted by Gasteiger charge is -2.14. The molecule has 3 heterocycles. The summed E-state index contributed by atoms with van der Waals surface area (Å²) in [6.07, 6.45) is 4.40. The standard InChI is InChI=1S/C18H15N3O3/c1-11(22)21-7-5-13-8-12(2-3-16(13)21)15-10-20-6-4-14(18(23)24)9-17(20)19-15/h2-4,6,8-10H,5,7H2,1H3,(H,23,24). The molecule has 120 valence electrons. The molecule has 1 amide bonds. The van der Waals surface area contributed by atoms with Crippen molar-refractivity contribution in [3.05, 3.63) is 53.9 Å². The zero-order valence-electron chi connectivity index (χ0n) is 13.1. The van der Waals surface area contributed by atoms with Crippen LogP contribution in [-0.2, 0) is 11.2 Å². The van der Waals surface area contributed by atoms with Gasteiger partial charge in [0.2, 0.25) is 5.91 Å². The largest absolute Gasteiger partial charge is 0.478 e. The van der Waals surface area contributed by atoms with E-state index in [-0.39, 0.29) is 11.5 Å². The van der Waals surface area contributed by atoms with E-state index in [1.165, 1.54) is 0 Å². The Morgan fingerprint density at radius 1 is 1.21 bits per heavy atom. The van der Waals surface area contributed by atoms with E-state index in [0.717, 1.165) is 28.9 Å². The molecule has 0 unspecified atom stereocenters. The fourth-order valence-corrected chi connectivity index (χ4v) is 3.14. The van der Waals surface area contributed by atoms with Crippen molar-refractivity contribution in [3.8, 4) is 11.3 Å². The second kappa shape index (κ2) is 5.19. The van der Waals surface area contributed by atoms with Crippen molar-refractivity contribution in [1.82, 2.24) is 9.38 Å². The Morgan fingerprint density at radius 2 is 2.04 bits per heavy atom. The van der Waals surface area contributed by atoms with Crippen LogP contribution in [0.15, 0.2) is 42.7 Å². The number of aromatic carboxylic acids is 1. The Kier molecular flexibility index (Phi) is 3.13. The van der Waals surface area contributed by atoms with Crippen LogP contribution in [0.2, 0.25) is 0 Å². The first-order valence-corrected chi connectivity index (χ1v) is 7.66. The molecule has 24 heavy (non-hydrogen) atoms. The highest BCUT2D eigenvalue weighted by molar-refractivity contribution is 5.94. The van der Waals surface area contributed by atoms with Gasteiger partial charge in [0.05, 0.1) is 11.3 Å². The van der Waals surface area contributed by atoms with Crippen LogP contribution in [-0.4, -0.2) is 32.9 Å². The maximum atomic E-state index is 11.6. The number of carboxylic acid groups (broad SMARTS) is 1. The number of hydrogen-bond acceptors (Lipinski definition) is 3. The number of pyridine rings is 1. The normalized spacial score (nSPS) is 13.3. The lowest BCUT2D eigenvalue weighted by atomic mass is 10.1. The van der Waals surface area contributed by atoms with E-state index in [4.69, 9.17) is 5.11 Å². The number of carbonyl (C=O) groups is 2. The third-order valence-electron chi connectivity index (χ3n) is 4.36. The van der Waals surface area contributed by atoms with Gasteiger partial charge >= 0.3 is 5.97 Å². The van der Waals surface area contributed by atoms with Gasteiger partial charge in [-0.3, -0.25) is 4.79 Å². The van der Waals surface area contributed by atoms with Gasteiger partial charge in [-0.05, 0) is 36.2 Å². The maximum absolute atomic E-state index is 11.6. The Bertz CT molecular complexity index is 990. The minimum atomic E-state index is -0.969. The summed E-state index contributed by atoms with van der Waals surface area (Å²) >= 11 is 0. The lowest BCUT2D eigenvalue weighted by molar-refractivity contribution is -0.116. The van der Waals surface area contributed by atoms with Gasteiger partial charge in [-0.2, -0.15) is 0 Å². The van der Waals surface area contributed by atoms with E-state index in [1.54, 1.807) is 34.6 Å². The van der Waals surface area contributed by atoms with Crippen molar-refractivity contribution >= 4 is 23.2 Å². The molecule has 1 N–H and O–H groups in total. The molecule has 0 atom stereocenters. The molecule has 0 fully saturated rings. The van der Waals surface area contributed by atoms with Crippen LogP contribution in [0.5, 0.6) is 0 Å². The number of anilines is 1. The van der Waals surface area contributed by atoms with Gasteiger partial charge in [-0.25, -0.2) is 9.78 Å². The van der Waals surface area contributed by atoms with E-state index < -0.39 is 5.97 Å². The van der Waals surface area contributed by atoms with Crippen LogP contribution in [0.1, 0.15) is 22.8 Å². The number of carbonyl (C=O) groups excluding carboxylic acids is 1. The molecule has 0 saturated heterocycles. The van der Waals surface area contributed by atoms with Crippen molar-refractivity contribution in [1.29, 1.82) is 0 Å². The molecule has 0 bridgehead atoms. The van der Waals surface area contributed by atoms with Crippen LogP contribution in [0.25, 0.3) is 16.9 Å². The second-order valence-corrected chi connectivity index (χ2v) is 5.88. The van der Waals surface area contributed by atoms with E-state index in [1.807, 2.05) is 18.3 Å². The molecule has 1 aromatic carbocycles. The number of fused-ring (bicyclic) bond motifs is 2. The Balaban J connectivity index is 1.75. The first kappa shape index (κ1) is 14.4. The molecule has 4 rings (SSSR count). The van der Waals surface area contributed by atoms with E-state index in [0.29, 0.717) is 12.2 Å². The first-order valence-electron chi connectivity index (χ1n) is 7.66. The molecular weight excluding hydrogens is 306 g/mol. The molecule has 0 spiro atoms. The summed E-state index contributed by atoms with van der Waals surface area (Å²) in [4.78, 5) is 29.0. The van der Waals surface area contributed by atoms with Gasteiger partial charge in [0, 0.05) is 37.1 Å². The third kappa shape index (κ3) is 2.23. The highest BCUT2D eigenvalue weighted by Crippen LogP contribution is 2.32. The molecule has 0 radical (unpaired) electrons. The van der Waals surface area contributed by atoms with Gasteiger partial charge < -0.3 is 14.4 Å². The zero-order chi connectivity index (χ0) is 16.8. The molecule has 2 aromatic heterocycles. The highest BCUT2D eigenvalue weighted by atomic mass is 16.4. The number of rotatable bonds is 2. The van der Waals surface area contributed by atoms with Crippen LogP contribution in [0.3, 0.4) is 0 Å². The lowest BCUT2D eigenvalue weighted by Crippen LogP contribution is -2.25. The topological polar surface area (TPSA) is 74.9 Å². The molecule has 0 saturated carbocycles. The van der Waals surface area contributed by atoms with E-state index in [2.05, 4.69) is 11.1 Å². The fourth-order valence-electron chi connectivity index (χ4n) is 3.14. The number of benzene rings is 1. The fraction of sp³-hybridized carbons (Fsp3) is 0.167. The number of amides is 1. The zero-order valence-corrected chi connectivity index (χ0v) is 13.1. The van der Waals surface area contributed by atoms with Gasteiger partial charge in [0.1, 0.15) is 5.65 Å². The minimum absolute atomic E-state index is 0.0513. The maximum Gasteiger partial charge on any atom is 0.335 e. The minimum Gasteiger partial charge on any atom is -0.478 e. The van der Waals surface area contributed by atoms with Crippen molar-refractivity contribution in [2.45, 2.75) is 13.3 Å². The molecule has 1 aliphatic heterocycles. The molecular formula is C18H15N3O3. The Labute approximate surface area is 138 Å². The summed E-state index contributed by atoms with van der Waals surface area (Å²) in [7, 11) is 0. The quantitative estimate of drug-likeness (QED) is 0.787. The molecule has 0 aliphatic carbocycles. The number of aromatic nitrogens is 2. The number of nitrogens with zero attached hydrogens (tertiary/aromatic N) is 3. The van der Waals surface area contributed by atoms with Crippen LogP contribution < -0.4 is 4.90 Å². The number of hydrogen-bond donors (Lipinski definition) is 1. The third-order valence-corrected chi connectivity index (χ3v) is 4.36. The second-order valence-electron chi connectivity index (χ2n) is 5.88. The summed E-state index contributed by atoms with van der Waals surface area (Å²) in [6.45, 7) is 2.28. The summed E-state index contributed by atoms with van der Waals surface area (Å²) in [6, 6.07) is 9.05. The van der Waals surface area contributed by atoms with Crippen LogP contribution in [0, 0.1) is 0 Å². The Hall–Kier alpha value is -3.15. The van der Waals surface area contributed by atoms with Crippen LogP contribution in [0.4, 0.5) is 5.69 Å². The van der Waals surface area contributed by atoms with Crippen molar-refractivity contribution in [2.24, 2.45) is 0 Å². The molecule has 6 heteroatoms. The average Bonchev–Trinajstić information content (AvgIpc) is 3.17. The van der Waals surface area contributed by atoms with Crippen LogP contribution >= 0.6 is 0 Å². The Morgan fingerprint density at radius 3 is 2.79 bits per heavy atom. The highest BCUT2D eigenvalue weighted by Gasteiger charge is 2.22. The van der Waals surface area contributed by atoms with Crippen molar-refractivity contribution in [3.63, 3.8) is 0 Å². The summed E-state index contributed by atoms with van der Waals surface area (Å²) in [5.41, 5.74) is 4.64. The van der Waals surface area contributed by atoms with Crippen molar-refractivity contribution < 1.29 is 14.7 Å². The van der Waals surface area contributed by atoms with Gasteiger partial charge in [0.25, 0.3) is 0 Å². The summed E-state index contributed by atoms with van der Waals surface area (Å²) in [5.74, 6) is -0.917. The first-order chi connectivity index (χ1) is 11.5. The summed E-state index contributed by atoms with van der Waals surface area (Å²) < 4.78 is 1.80. The molecule has 6 nitrogen and oxygen atoms in total. The average molecular weight is 321 g/mol. The van der Waals surface area contributed by atoms with Gasteiger partial charge in [-0.1, -0.05) is 6.07 Å². The number of imidazole rings is 1. The van der Waals surface area contributed by atoms with E-state index in [9.17, 15) is 9.59 Å². The number of carboxylic acids is 1. The predicted molar refractivity (Wildman–Crippen MR) is 89.3 cm³/mol.